The summed E-state index contributed by atoms with van der Waals surface area (Å²) >= 11 is 6.96. The second-order valence-electron chi connectivity index (χ2n) is 5.90. The smallest absolute Gasteiger partial charge is 0.255 e. The molecule has 2 aromatic rings. The molecule has 1 amide bonds. The van der Waals surface area contributed by atoms with Crippen LogP contribution in [0.3, 0.4) is 0 Å². The fourth-order valence-electron chi connectivity index (χ4n) is 2.39. The van der Waals surface area contributed by atoms with E-state index < -0.39 is 0 Å². The highest BCUT2D eigenvalue weighted by Crippen LogP contribution is 2.40. The van der Waals surface area contributed by atoms with Gasteiger partial charge in [-0.2, -0.15) is 0 Å². The normalized spacial score (nSPS) is 10.9. The lowest BCUT2D eigenvalue weighted by Crippen LogP contribution is -2.15. The van der Waals surface area contributed by atoms with E-state index in [-0.39, 0.29) is 5.91 Å². The first kappa shape index (κ1) is 18.0. The van der Waals surface area contributed by atoms with Gasteiger partial charge in [0.1, 0.15) is 0 Å². The lowest BCUT2D eigenvalue weighted by atomic mass is 10.0. The molecule has 0 radical (unpaired) electrons. The fourth-order valence-corrected chi connectivity index (χ4v) is 3.45. The maximum Gasteiger partial charge on any atom is 0.255 e. The van der Waals surface area contributed by atoms with E-state index in [2.05, 4.69) is 51.0 Å². The van der Waals surface area contributed by atoms with Gasteiger partial charge in [-0.3, -0.25) is 4.79 Å². The highest BCUT2D eigenvalue weighted by Gasteiger charge is 2.17. The number of carbonyl (C=O) groups excluding carboxylic acids is 1. The van der Waals surface area contributed by atoms with Crippen molar-refractivity contribution in [2.24, 2.45) is 0 Å². The molecular formula is C18H20Br2N2O. The molecule has 2 rings (SSSR count). The van der Waals surface area contributed by atoms with Gasteiger partial charge in [-0.05, 0) is 80.4 Å². The van der Waals surface area contributed by atoms with Gasteiger partial charge in [0.05, 0.1) is 5.69 Å². The van der Waals surface area contributed by atoms with Crippen molar-refractivity contribution >= 4 is 49.1 Å². The first-order valence-corrected chi connectivity index (χ1v) is 8.97. The molecule has 0 saturated carbocycles. The number of hydrogen-bond acceptors (Lipinski definition) is 2. The van der Waals surface area contributed by atoms with Crippen molar-refractivity contribution in [1.82, 2.24) is 0 Å². The SMILES string of the molecule is Cc1c(Br)c(N)c(Br)c(C)c1NC(=O)c1ccc(C(C)C)cc1. The summed E-state index contributed by atoms with van der Waals surface area (Å²) in [6.07, 6.45) is 0. The summed E-state index contributed by atoms with van der Waals surface area (Å²) in [5.41, 5.74) is 11.1. The number of anilines is 2. The van der Waals surface area contributed by atoms with Gasteiger partial charge in [-0.1, -0.05) is 26.0 Å². The Morgan fingerprint density at radius 3 is 1.96 bits per heavy atom. The van der Waals surface area contributed by atoms with Crippen molar-refractivity contribution in [3.8, 4) is 0 Å². The van der Waals surface area contributed by atoms with Crippen molar-refractivity contribution in [3.05, 3.63) is 55.5 Å². The van der Waals surface area contributed by atoms with Crippen LogP contribution in [0.15, 0.2) is 33.2 Å². The molecule has 0 saturated heterocycles. The Morgan fingerprint density at radius 2 is 1.52 bits per heavy atom. The highest BCUT2D eigenvalue weighted by atomic mass is 79.9. The molecule has 0 aliphatic carbocycles. The minimum atomic E-state index is -0.130. The topological polar surface area (TPSA) is 55.1 Å². The zero-order valence-electron chi connectivity index (χ0n) is 13.6. The molecule has 0 aromatic heterocycles. The molecule has 23 heavy (non-hydrogen) atoms. The Bertz CT molecular complexity index is 724. The van der Waals surface area contributed by atoms with Gasteiger partial charge in [0.25, 0.3) is 5.91 Å². The number of amides is 1. The van der Waals surface area contributed by atoms with Crippen LogP contribution >= 0.6 is 31.9 Å². The number of rotatable bonds is 3. The summed E-state index contributed by atoms with van der Waals surface area (Å²) in [7, 11) is 0. The molecule has 3 nitrogen and oxygen atoms in total. The first-order valence-electron chi connectivity index (χ1n) is 7.39. The number of nitrogens with two attached hydrogens (primary N) is 1. The first-order chi connectivity index (χ1) is 10.7. The van der Waals surface area contributed by atoms with Gasteiger partial charge in [0.15, 0.2) is 0 Å². The van der Waals surface area contributed by atoms with E-state index in [4.69, 9.17) is 5.73 Å². The Hall–Kier alpha value is -1.33. The Kier molecular flexibility index (Phi) is 5.53. The van der Waals surface area contributed by atoms with Gasteiger partial charge >= 0.3 is 0 Å². The Labute approximate surface area is 153 Å². The fraction of sp³-hybridized carbons (Fsp3) is 0.278. The second kappa shape index (κ2) is 7.05. The lowest BCUT2D eigenvalue weighted by Gasteiger charge is -2.17. The predicted octanol–water partition coefficient (Wildman–Crippen LogP) is 5.79. The average molecular weight is 440 g/mol. The van der Waals surface area contributed by atoms with Crippen LogP contribution in [0.4, 0.5) is 11.4 Å². The Balaban J connectivity index is 2.34. The summed E-state index contributed by atoms with van der Waals surface area (Å²) < 4.78 is 1.58. The third kappa shape index (κ3) is 3.61. The maximum absolute atomic E-state index is 12.5. The average Bonchev–Trinajstić information content (AvgIpc) is 2.55. The van der Waals surface area contributed by atoms with E-state index in [1.165, 1.54) is 5.56 Å². The molecule has 0 aliphatic rings. The number of hydrogen-bond donors (Lipinski definition) is 2. The monoisotopic (exact) mass is 438 g/mol. The zero-order chi connectivity index (χ0) is 17.3. The molecule has 3 N–H and O–H groups in total. The highest BCUT2D eigenvalue weighted by molar-refractivity contribution is 9.11. The molecule has 0 atom stereocenters. The molecule has 5 heteroatoms. The van der Waals surface area contributed by atoms with Crippen molar-refractivity contribution in [2.45, 2.75) is 33.6 Å². The van der Waals surface area contributed by atoms with Crippen molar-refractivity contribution in [2.75, 3.05) is 11.1 Å². The number of nitrogen functional groups attached to an aromatic ring is 1. The minimum Gasteiger partial charge on any atom is -0.397 e. The van der Waals surface area contributed by atoms with E-state index in [1.807, 2.05) is 38.1 Å². The van der Waals surface area contributed by atoms with E-state index in [9.17, 15) is 4.79 Å². The lowest BCUT2D eigenvalue weighted by molar-refractivity contribution is 0.102. The molecule has 0 unspecified atom stereocenters. The van der Waals surface area contributed by atoms with Crippen LogP contribution < -0.4 is 11.1 Å². The Morgan fingerprint density at radius 1 is 1.04 bits per heavy atom. The maximum atomic E-state index is 12.5. The third-order valence-electron chi connectivity index (χ3n) is 3.96. The molecule has 0 heterocycles. The number of halogens is 2. The van der Waals surface area contributed by atoms with Crippen molar-refractivity contribution in [1.29, 1.82) is 0 Å². The molecule has 122 valence electrons. The quantitative estimate of drug-likeness (QED) is 0.595. The summed E-state index contributed by atoms with van der Waals surface area (Å²) in [6, 6.07) is 7.70. The molecule has 0 spiro atoms. The van der Waals surface area contributed by atoms with Crippen LogP contribution in [-0.2, 0) is 0 Å². The molecule has 0 aliphatic heterocycles. The van der Waals surface area contributed by atoms with Gasteiger partial charge in [0.2, 0.25) is 0 Å². The summed E-state index contributed by atoms with van der Waals surface area (Å²) in [5, 5.41) is 3.00. The van der Waals surface area contributed by atoms with E-state index in [0.29, 0.717) is 17.2 Å². The van der Waals surface area contributed by atoms with Crippen LogP contribution in [0.1, 0.15) is 46.8 Å². The van der Waals surface area contributed by atoms with E-state index in [1.54, 1.807) is 0 Å². The van der Waals surface area contributed by atoms with Crippen LogP contribution in [0.25, 0.3) is 0 Å². The summed E-state index contributed by atoms with van der Waals surface area (Å²) in [4.78, 5) is 12.5. The molecule has 0 bridgehead atoms. The summed E-state index contributed by atoms with van der Waals surface area (Å²) in [6.45, 7) is 8.12. The van der Waals surface area contributed by atoms with Gasteiger partial charge < -0.3 is 11.1 Å². The predicted molar refractivity (Wildman–Crippen MR) is 104 cm³/mol. The van der Waals surface area contributed by atoms with Crippen LogP contribution in [-0.4, -0.2) is 5.91 Å². The zero-order valence-corrected chi connectivity index (χ0v) is 16.8. The summed E-state index contributed by atoms with van der Waals surface area (Å²) in [5.74, 6) is 0.315. The largest absolute Gasteiger partial charge is 0.397 e. The second-order valence-corrected chi connectivity index (χ2v) is 7.48. The molecular weight excluding hydrogens is 420 g/mol. The number of carbonyl (C=O) groups is 1. The van der Waals surface area contributed by atoms with Gasteiger partial charge in [-0.25, -0.2) is 0 Å². The number of benzene rings is 2. The van der Waals surface area contributed by atoms with Crippen molar-refractivity contribution in [3.63, 3.8) is 0 Å². The van der Waals surface area contributed by atoms with Crippen LogP contribution in [0.2, 0.25) is 0 Å². The van der Waals surface area contributed by atoms with E-state index in [0.717, 1.165) is 25.8 Å². The standard InChI is InChI=1S/C18H20Br2N2O/c1-9(2)12-5-7-13(8-6-12)18(23)22-17-10(3)14(19)16(21)15(20)11(17)4/h5-9H,21H2,1-4H3,(H,22,23). The van der Waals surface area contributed by atoms with Crippen LogP contribution in [0, 0.1) is 13.8 Å². The minimum absolute atomic E-state index is 0.130. The van der Waals surface area contributed by atoms with Gasteiger partial charge in [-0.15, -0.1) is 0 Å². The molecule has 0 fully saturated rings. The van der Waals surface area contributed by atoms with Crippen molar-refractivity contribution < 1.29 is 4.79 Å². The molecule has 2 aromatic carbocycles. The number of nitrogens with one attached hydrogen (secondary N) is 1. The van der Waals surface area contributed by atoms with Crippen LogP contribution in [0.5, 0.6) is 0 Å². The van der Waals surface area contributed by atoms with Gasteiger partial charge in [0, 0.05) is 20.2 Å². The third-order valence-corrected chi connectivity index (χ3v) is 6.00. The van der Waals surface area contributed by atoms with E-state index >= 15 is 0 Å².